The predicted molar refractivity (Wildman–Crippen MR) is 147 cm³/mol. The number of hydrogen-bond donors (Lipinski definition) is 1. The Bertz CT molecular complexity index is 1630. The van der Waals surface area contributed by atoms with Gasteiger partial charge in [-0.15, -0.1) is 5.10 Å². The fraction of sp³-hybridized carbons (Fsp3) is 0.161. The lowest BCUT2D eigenvalue weighted by Gasteiger charge is -2.28. The molecule has 3 aromatic carbocycles. The minimum atomic E-state index is -0.510. The summed E-state index contributed by atoms with van der Waals surface area (Å²) in [5.74, 6) is 1.12. The minimum absolute atomic E-state index is 0.145. The molecule has 1 aliphatic heterocycles. The van der Waals surface area contributed by atoms with Crippen LogP contribution >= 0.6 is 0 Å². The van der Waals surface area contributed by atoms with Crippen LogP contribution in [0.4, 0.5) is 0 Å². The van der Waals surface area contributed by atoms with Gasteiger partial charge in [0.2, 0.25) is 5.91 Å². The highest BCUT2D eigenvalue weighted by molar-refractivity contribution is 5.82. The molecule has 0 saturated carbocycles. The van der Waals surface area contributed by atoms with Crippen LogP contribution in [-0.2, 0) is 17.8 Å². The van der Waals surface area contributed by atoms with Gasteiger partial charge >= 0.3 is 0 Å². The smallest absolute Gasteiger partial charge is 0.226 e. The van der Waals surface area contributed by atoms with E-state index in [2.05, 4.69) is 26.7 Å². The number of fused-ring (bicyclic) bond motifs is 4. The van der Waals surface area contributed by atoms with E-state index in [9.17, 15) is 4.79 Å². The Hall–Kier alpha value is -4.98. The van der Waals surface area contributed by atoms with E-state index in [-0.39, 0.29) is 12.3 Å². The molecule has 3 heterocycles. The molecule has 0 saturated heterocycles. The van der Waals surface area contributed by atoms with Crippen LogP contribution in [0.2, 0.25) is 0 Å². The second kappa shape index (κ2) is 10.4. The first-order valence-electron chi connectivity index (χ1n) is 12.7. The first-order chi connectivity index (χ1) is 19.2. The van der Waals surface area contributed by atoms with Crippen LogP contribution in [0, 0.1) is 0 Å². The molecular weight excluding hydrogens is 490 g/mol. The number of nitrogens with one attached hydrogen (secondary N) is 1. The summed E-state index contributed by atoms with van der Waals surface area (Å²) in [6, 6.07) is 27.0. The van der Waals surface area contributed by atoms with Crippen molar-refractivity contribution in [3.05, 3.63) is 114 Å². The molecule has 5 aromatic rings. The third-order valence-corrected chi connectivity index (χ3v) is 6.96. The molecule has 8 nitrogen and oxygen atoms in total. The van der Waals surface area contributed by atoms with Gasteiger partial charge in [-0.1, -0.05) is 65.9 Å². The van der Waals surface area contributed by atoms with E-state index >= 15 is 0 Å². The highest BCUT2D eigenvalue weighted by atomic mass is 16.5. The number of carbonyl (C=O) groups is 1. The highest BCUT2D eigenvalue weighted by Gasteiger charge is 2.32. The molecule has 0 spiro atoms. The van der Waals surface area contributed by atoms with Crippen molar-refractivity contribution in [2.75, 3.05) is 14.2 Å². The van der Waals surface area contributed by atoms with Crippen LogP contribution in [0.1, 0.15) is 28.6 Å². The van der Waals surface area contributed by atoms with Gasteiger partial charge in [-0.25, -0.2) is 4.68 Å². The molecule has 6 rings (SSSR count). The van der Waals surface area contributed by atoms with Crippen LogP contribution in [-0.4, -0.2) is 40.1 Å². The summed E-state index contributed by atoms with van der Waals surface area (Å²) in [6.07, 6.45) is 1.85. The van der Waals surface area contributed by atoms with Crippen molar-refractivity contribution < 1.29 is 14.3 Å². The molecule has 0 bridgehead atoms. The maximum Gasteiger partial charge on any atom is 0.226 e. The third kappa shape index (κ3) is 4.61. The molecule has 1 N–H and O–H groups in total. The van der Waals surface area contributed by atoms with Crippen molar-refractivity contribution in [3.8, 4) is 33.9 Å². The molecule has 1 amide bonds. The van der Waals surface area contributed by atoms with Crippen molar-refractivity contribution in [1.82, 2.24) is 25.3 Å². The number of rotatable bonds is 6. The lowest BCUT2D eigenvalue weighted by molar-refractivity contribution is -0.121. The largest absolute Gasteiger partial charge is 0.493 e. The quantitative estimate of drug-likeness (QED) is 0.347. The number of ether oxygens (including phenoxy) is 2. The number of aromatic nitrogens is 4. The zero-order chi connectivity index (χ0) is 26.8. The van der Waals surface area contributed by atoms with E-state index in [0.29, 0.717) is 23.7 Å². The molecule has 0 radical (unpaired) electrons. The standard InChI is InChI=1S/C31H27N5O3/c1-38-26-16-21-19-36-31(29(34-35-36)20-10-4-3-5-11-20)30(33-28(37)17-22-12-8-9-15-32-22)24-14-7-6-13-23(24)25(21)18-27(26)39-2/h3-16,18,30H,17,19H2,1-2H3,(H,33,37). The van der Waals surface area contributed by atoms with Gasteiger partial charge in [0, 0.05) is 17.5 Å². The van der Waals surface area contributed by atoms with E-state index < -0.39 is 6.04 Å². The summed E-state index contributed by atoms with van der Waals surface area (Å²) < 4.78 is 13.1. The molecule has 194 valence electrons. The Morgan fingerprint density at radius 2 is 1.67 bits per heavy atom. The summed E-state index contributed by atoms with van der Waals surface area (Å²) in [4.78, 5) is 17.8. The van der Waals surface area contributed by atoms with Crippen molar-refractivity contribution >= 4 is 5.91 Å². The van der Waals surface area contributed by atoms with E-state index in [1.54, 1.807) is 20.4 Å². The summed E-state index contributed by atoms with van der Waals surface area (Å²) in [7, 11) is 3.25. The van der Waals surface area contributed by atoms with Crippen LogP contribution in [0.15, 0.2) is 91.1 Å². The average Bonchev–Trinajstić information content (AvgIpc) is 3.38. The Labute approximate surface area is 226 Å². The summed E-state index contributed by atoms with van der Waals surface area (Å²) >= 11 is 0. The Morgan fingerprint density at radius 1 is 0.923 bits per heavy atom. The monoisotopic (exact) mass is 517 g/mol. The molecule has 1 unspecified atom stereocenters. The van der Waals surface area contributed by atoms with Gasteiger partial charge in [0.25, 0.3) is 0 Å². The first kappa shape index (κ1) is 24.4. The van der Waals surface area contributed by atoms with Gasteiger partial charge in [-0.05, 0) is 46.5 Å². The van der Waals surface area contributed by atoms with E-state index in [1.807, 2.05) is 83.5 Å². The zero-order valence-corrected chi connectivity index (χ0v) is 21.7. The van der Waals surface area contributed by atoms with Crippen molar-refractivity contribution in [1.29, 1.82) is 0 Å². The van der Waals surface area contributed by atoms with Crippen molar-refractivity contribution in [2.24, 2.45) is 0 Å². The fourth-order valence-corrected chi connectivity index (χ4v) is 5.16. The zero-order valence-electron chi connectivity index (χ0n) is 21.7. The Morgan fingerprint density at radius 3 is 2.44 bits per heavy atom. The summed E-state index contributed by atoms with van der Waals surface area (Å²) in [5.41, 5.74) is 7.06. The van der Waals surface area contributed by atoms with Crippen LogP contribution < -0.4 is 14.8 Å². The van der Waals surface area contributed by atoms with Crippen LogP contribution in [0.3, 0.4) is 0 Å². The molecule has 0 fully saturated rings. The highest BCUT2D eigenvalue weighted by Crippen LogP contribution is 2.43. The van der Waals surface area contributed by atoms with Gasteiger partial charge in [0.15, 0.2) is 11.5 Å². The van der Waals surface area contributed by atoms with Gasteiger partial charge < -0.3 is 14.8 Å². The third-order valence-electron chi connectivity index (χ3n) is 6.96. The molecule has 2 aromatic heterocycles. The Balaban J connectivity index is 1.55. The van der Waals surface area contributed by atoms with E-state index in [4.69, 9.17) is 9.47 Å². The van der Waals surface area contributed by atoms with Crippen LogP contribution in [0.25, 0.3) is 22.4 Å². The lowest BCUT2D eigenvalue weighted by Crippen LogP contribution is -2.33. The predicted octanol–water partition coefficient (Wildman–Crippen LogP) is 4.83. The fourth-order valence-electron chi connectivity index (χ4n) is 5.16. The maximum absolute atomic E-state index is 13.5. The normalized spacial score (nSPS) is 13.7. The van der Waals surface area contributed by atoms with Crippen molar-refractivity contribution in [2.45, 2.75) is 19.0 Å². The molecule has 1 aliphatic rings. The topological polar surface area (TPSA) is 91.2 Å². The first-order valence-corrected chi connectivity index (χ1v) is 12.7. The maximum atomic E-state index is 13.5. The van der Waals surface area contributed by atoms with E-state index in [0.717, 1.165) is 39.2 Å². The second-order valence-electron chi connectivity index (χ2n) is 9.30. The van der Waals surface area contributed by atoms with Gasteiger partial charge in [-0.2, -0.15) is 0 Å². The Kier molecular flexibility index (Phi) is 6.50. The molecule has 39 heavy (non-hydrogen) atoms. The minimum Gasteiger partial charge on any atom is -0.493 e. The SMILES string of the molecule is COc1cc2c(cc1OC)-c1ccccc1C(NC(=O)Cc1ccccn1)c1c(-c3ccccc3)nnn1C2. The van der Waals surface area contributed by atoms with Gasteiger partial charge in [-0.3, -0.25) is 9.78 Å². The molecule has 0 aliphatic carbocycles. The second-order valence-corrected chi connectivity index (χ2v) is 9.30. The molecule has 1 atom stereocenters. The van der Waals surface area contributed by atoms with Crippen LogP contribution in [0.5, 0.6) is 11.5 Å². The average molecular weight is 518 g/mol. The number of nitrogens with zero attached hydrogens (tertiary/aromatic N) is 4. The number of methoxy groups -OCH3 is 2. The summed E-state index contributed by atoms with van der Waals surface area (Å²) in [6.45, 7) is 0.436. The van der Waals surface area contributed by atoms with Gasteiger partial charge in [0.1, 0.15) is 5.69 Å². The number of pyridine rings is 1. The van der Waals surface area contributed by atoms with Crippen molar-refractivity contribution in [3.63, 3.8) is 0 Å². The number of benzene rings is 3. The van der Waals surface area contributed by atoms with Gasteiger partial charge in [0.05, 0.1) is 38.9 Å². The lowest BCUT2D eigenvalue weighted by atomic mass is 9.87. The molecule has 8 heteroatoms. The molecular formula is C31H27N5O3. The number of carbonyl (C=O) groups excluding carboxylic acids is 1. The number of amides is 1. The van der Waals surface area contributed by atoms with E-state index in [1.165, 1.54) is 0 Å². The number of hydrogen-bond acceptors (Lipinski definition) is 6. The summed E-state index contributed by atoms with van der Waals surface area (Å²) in [5, 5.41) is 12.5.